The zero-order valence-electron chi connectivity index (χ0n) is 17.0. The molecular formula is C21H30N2O4. The third-order valence-corrected chi connectivity index (χ3v) is 4.56. The highest BCUT2D eigenvalue weighted by molar-refractivity contribution is 5.44. The molecule has 27 heavy (non-hydrogen) atoms. The Morgan fingerprint density at radius 3 is 2.07 bits per heavy atom. The lowest BCUT2D eigenvalue weighted by Crippen LogP contribution is -2.31. The van der Waals surface area contributed by atoms with Crippen LogP contribution in [0.1, 0.15) is 17.2 Å². The number of nitrogens with one attached hydrogen (secondary N) is 1. The van der Waals surface area contributed by atoms with Gasteiger partial charge in [0, 0.05) is 24.7 Å². The van der Waals surface area contributed by atoms with Crippen LogP contribution in [0.5, 0.6) is 23.0 Å². The molecule has 0 heterocycles. The van der Waals surface area contributed by atoms with Crippen LogP contribution in [0.15, 0.2) is 36.4 Å². The van der Waals surface area contributed by atoms with E-state index < -0.39 is 0 Å². The number of likely N-dealkylation sites (N-methyl/N-ethyl adjacent to an activating group) is 1. The minimum atomic E-state index is 0.182. The predicted molar refractivity (Wildman–Crippen MR) is 107 cm³/mol. The second-order valence-corrected chi connectivity index (χ2v) is 6.40. The number of nitrogens with zero attached hydrogens (tertiary/aromatic N) is 1. The summed E-state index contributed by atoms with van der Waals surface area (Å²) in [6, 6.07) is 12.0. The molecule has 0 saturated carbocycles. The summed E-state index contributed by atoms with van der Waals surface area (Å²) in [7, 11) is 10.8. The van der Waals surface area contributed by atoms with E-state index >= 15 is 0 Å². The summed E-state index contributed by atoms with van der Waals surface area (Å²) in [6.07, 6.45) is 0. The zero-order valence-corrected chi connectivity index (χ0v) is 17.0. The van der Waals surface area contributed by atoms with Crippen LogP contribution in [0.2, 0.25) is 0 Å². The van der Waals surface area contributed by atoms with Crippen molar-refractivity contribution in [3.63, 3.8) is 0 Å². The van der Waals surface area contributed by atoms with Gasteiger partial charge in [-0.3, -0.25) is 0 Å². The van der Waals surface area contributed by atoms with Crippen molar-refractivity contribution in [2.45, 2.75) is 12.6 Å². The molecule has 2 rings (SSSR count). The normalized spacial score (nSPS) is 12.0. The monoisotopic (exact) mass is 374 g/mol. The molecule has 1 atom stereocenters. The molecule has 0 aliphatic rings. The third kappa shape index (κ3) is 5.28. The zero-order chi connectivity index (χ0) is 19.8. The largest absolute Gasteiger partial charge is 0.497 e. The fourth-order valence-corrected chi connectivity index (χ4v) is 3.02. The van der Waals surface area contributed by atoms with Crippen molar-refractivity contribution in [1.82, 2.24) is 10.2 Å². The fraction of sp³-hybridized carbons (Fsp3) is 0.429. The van der Waals surface area contributed by atoms with Gasteiger partial charge in [-0.25, -0.2) is 0 Å². The number of ether oxygens (including phenoxy) is 4. The molecule has 0 fully saturated rings. The van der Waals surface area contributed by atoms with Gasteiger partial charge in [-0.2, -0.15) is 0 Å². The lowest BCUT2D eigenvalue weighted by atomic mass is 10.0. The summed E-state index contributed by atoms with van der Waals surface area (Å²) in [5, 5.41) is 3.52. The maximum Gasteiger partial charge on any atom is 0.161 e. The number of hydrogen-bond acceptors (Lipinski definition) is 6. The third-order valence-electron chi connectivity index (χ3n) is 4.56. The first-order valence-corrected chi connectivity index (χ1v) is 8.84. The molecule has 0 saturated heterocycles. The molecule has 0 radical (unpaired) electrons. The molecule has 148 valence electrons. The molecular weight excluding hydrogens is 344 g/mol. The number of benzene rings is 2. The molecule has 6 heteroatoms. The Bertz CT molecular complexity index is 734. The Labute approximate surface area is 162 Å². The van der Waals surface area contributed by atoms with Gasteiger partial charge in [0.15, 0.2) is 11.5 Å². The van der Waals surface area contributed by atoms with Gasteiger partial charge in [0.05, 0.1) is 28.4 Å². The Morgan fingerprint density at radius 2 is 1.48 bits per heavy atom. The maximum absolute atomic E-state index is 5.45. The summed E-state index contributed by atoms with van der Waals surface area (Å²) < 4.78 is 21.6. The molecule has 6 nitrogen and oxygen atoms in total. The van der Waals surface area contributed by atoms with E-state index in [0.717, 1.165) is 40.7 Å². The van der Waals surface area contributed by atoms with Gasteiger partial charge in [0.1, 0.15) is 11.5 Å². The molecule has 1 unspecified atom stereocenters. The molecule has 1 N–H and O–H groups in total. The molecule has 0 amide bonds. The van der Waals surface area contributed by atoms with Gasteiger partial charge in [0.2, 0.25) is 0 Å². The fourth-order valence-electron chi connectivity index (χ4n) is 3.02. The smallest absolute Gasteiger partial charge is 0.161 e. The second-order valence-electron chi connectivity index (χ2n) is 6.40. The second kappa shape index (κ2) is 10.0. The average Bonchev–Trinajstić information content (AvgIpc) is 2.70. The summed E-state index contributed by atoms with van der Waals surface area (Å²) in [5.74, 6) is 3.12. The first kappa shape index (κ1) is 20.9. The van der Waals surface area contributed by atoms with Crippen LogP contribution < -0.4 is 24.3 Å². The van der Waals surface area contributed by atoms with Gasteiger partial charge in [0.25, 0.3) is 0 Å². The Balaban J connectivity index is 2.12. The standard InChI is InChI=1S/C21H30N2O4/c1-23(2)18(15-7-9-20(26-5)21(12-15)27-6)14-22-13-16-11-17(24-3)8-10-19(16)25-4/h7-12,18,22H,13-14H2,1-6H3. The van der Waals surface area contributed by atoms with E-state index in [0.29, 0.717) is 6.54 Å². The highest BCUT2D eigenvalue weighted by Gasteiger charge is 2.17. The highest BCUT2D eigenvalue weighted by Crippen LogP contribution is 2.31. The van der Waals surface area contributed by atoms with E-state index in [1.807, 2.05) is 30.3 Å². The summed E-state index contributed by atoms with van der Waals surface area (Å²) in [5.41, 5.74) is 2.21. The Kier molecular flexibility index (Phi) is 7.76. The van der Waals surface area contributed by atoms with Crippen LogP contribution in [0, 0.1) is 0 Å². The van der Waals surface area contributed by atoms with Gasteiger partial charge in [-0.05, 0) is 50.0 Å². The van der Waals surface area contributed by atoms with Crippen molar-refractivity contribution < 1.29 is 18.9 Å². The van der Waals surface area contributed by atoms with Crippen LogP contribution in [-0.4, -0.2) is 54.0 Å². The Morgan fingerprint density at radius 1 is 0.815 bits per heavy atom. The molecule has 0 bridgehead atoms. The average molecular weight is 374 g/mol. The van der Waals surface area contributed by atoms with Crippen LogP contribution in [0.3, 0.4) is 0 Å². The molecule has 2 aromatic rings. The number of hydrogen-bond donors (Lipinski definition) is 1. The van der Waals surface area contributed by atoms with Gasteiger partial charge >= 0.3 is 0 Å². The van der Waals surface area contributed by atoms with E-state index in [9.17, 15) is 0 Å². The van der Waals surface area contributed by atoms with Gasteiger partial charge in [-0.15, -0.1) is 0 Å². The van der Waals surface area contributed by atoms with E-state index in [-0.39, 0.29) is 6.04 Å². The van der Waals surface area contributed by atoms with E-state index in [4.69, 9.17) is 18.9 Å². The Hall–Kier alpha value is -2.44. The molecule has 0 aromatic heterocycles. The van der Waals surface area contributed by atoms with E-state index in [1.165, 1.54) is 0 Å². The summed E-state index contributed by atoms with van der Waals surface area (Å²) in [4.78, 5) is 2.18. The molecule has 0 aliphatic heterocycles. The first-order chi connectivity index (χ1) is 13.0. The molecule has 2 aromatic carbocycles. The molecule has 0 aliphatic carbocycles. The van der Waals surface area contributed by atoms with Crippen molar-refractivity contribution in [3.05, 3.63) is 47.5 Å². The van der Waals surface area contributed by atoms with Gasteiger partial charge in [-0.1, -0.05) is 6.07 Å². The van der Waals surface area contributed by atoms with Crippen LogP contribution in [0.4, 0.5) is 0 Å². The summed E-state index contributed by atoms with van der Waals surface area (Å²) in [6.45, 7) is 1.45. The first-order valence-electron chi connectivity index (χ1n) is 8.84. The van der Waals surface area contributed by atoms with Crippen molar-refractivity contribution in [2.75, 3.05) is 49.1 Å². The van der Waals surface area contributed by atoms with Gasteiger partial charge < -0.3 is 29.2 Å². The van der Waals surface area contributed by atoms with Crippen LogP contribution >= 0.6 is 0 Å². The lowest BCUT2D eigenvalue weighted by Gasteiger charge is -2.26. The SMILES string of the molecule is COc1ccc(OC)c(CNCC(c2ccc(OC)c(OC)c2)N(C)C)c1. The minimum absolute atomic E-state index is 0.182. The van der Waals surface area contributed by atoms with Crippen LogP contribution in [-0.2, 0) is 6.54 Å². The van der Waals surface area contributed by atoms with Crippen molar-refractivity contribution in [2.24, 2.45) is 0 Å². The highest BCUT2D eigenvalue weighted by atomic mass is 16.5. The van der Waals surface area contributed by atoms with E-state index in [2.05, 4.69) is 30.4 Å². The van der Waals surface area contributed by atoms with Crippen molar-refractivity contribution in [3.8, 4) is 23.0 Å². The number of rotatable bonds is 10. The van der Waals surface area contributed by atoms with Crippen LogP contribution in [0.25, 0.3) is 0 Å². The topological polar surface area (TPSA) is 52.2 Å². The molecule has 0 spiro atoms. The van der Waals surface area contributed by atoms with E-state index in [1.54, 1.807) is 28.4 Å². The van der Waals surface area contributed by atoms with Crippen molar-refractivity contribution >= 4 is 0 Å². The maximum atomic E-state index is 5.45. The lowest BCUT2D eigenvalue weighted by molar-refractivity contribution is 0.285. The minimum Gasteiger partial charge on any atom is -0.497 e. The quantitative estimate of drug-likeness (QED) is 0.690. The van der Waals surface area contributed by atoms with Crippen molar-refractivity contribution in [1.29, 1.82) is 0 Å². The predicted octanol–water partition coefficient (Wildman–Crippen LogP) is 3.11. The number of methoxy groups -OCH3 is 4. The summed E-state index contributed by atoms with van der Waals surface area (Å²) >= 11 is 0.